The van der Waals surface area contributed by atoms with Crippen LogP contribution in [0.15, 0.2) is 12.3 Å². The molecule has 0 aromatic rings. The van der Waals surface area contributed by atoms with Crippen LogP contribution in [0.4, 0.5) is 0 Å². The number of hydrogen-bond donors (Lipinski definition) is 2. The lowest BCUT2D eigenvalue weighted by Crippen LogP contribution is -2.19. The molecule has 0 unspecified atom stereocenters. The molecule has 16 heavy (non-hydrogen) atoms. The molecular weight excluding hydrogens is 204 g/mol. The molecule has 0 aliphatic carbocycles. The quantitative estimate of drug-likeness (QED) is 0.424. The Bertz CT molecular complexity index is 153. The van der Waals surface area contributed by atoms with Gasteiger partial charge in [0.05, 0.1) is 19.5 Å². The van der Waals surface area contributed by atoms with E-state index in [2.05, 4.69) is 6.92 Å². The number of aliphatic hydroxyl groups excluding tert-OH is 2. The van der Waals surface area contributed by atoms with Crippen molar-refractivity contribution in [1.29, 1.82) is 0 Å². The molecule has 2 N–H and O–H groups in total. The van der Waals surface area contributed by atoms with E-state index in [9.17, 15) is 0 Å². The van der Waals surface area contributed by atoms with Crippen molar-refractivity contribution in [3.63, 3.8) is 0 Å². The van der Waals surface area contributed by atoms with Gasteiger partial charge in [-0.2, -0.15) is 0 Å². The van der Waals surface area contributed by atoms with Crippen LogP contribution in [0, 0.1) is 0 Å². The van der Waals surface area contributed by atoms with Crippen molar-refractivity contribution in [2.45, 2.75) is 58.0 Å². The van der Waals surface area contributed by atoms with Gasteiger partial charge in [-0.25, -0.2) is 0 Å². The van der Waals surface area contributed by atoms with Crippen LogP contribution in [0.5, 0.6) is 0 Å². The summed E-state index contributed by atoms with van der Waals surface area (Å²) in [6.07, 6.45) is 11.8. The molecule has 0 saturated heterocycles. The van der Waals surface area contributed by atoms with E-state index in [0.717, 1.165) is 6.42 Å². The zero-order chi connectivity index (χ0) is 12.1. The molecule has 0 fully saturated rings. The topological polar surface area (TPSA) is 49.7 Å². The van der Waals surface area contributed by atoms with Crippen molar-refractivity contribution in [3.05, 3.63) is 12.3 Å². The number of allylic oxidation sites excluding steroid dienone is 1. The fraction of sp³-hybridized carbons (Fsp3) is 0.846. The molecule has 0 saturated carbocycles. The average molecular weight is 230 g/mol. The third kappa shape index (κ3) is 9.99. The summed E-state index contributed by atoms with van der Waals surface area (Å²) < 4.78 is 5.10. The highest BCUT2D eigenvalue weighted by molar-refractivity contribution is 4.74. The fourth-order valence-corrected chi connectivity index (χ4v) is 1.42. The Kier molecular flexibility index (Phi) is 12.1. The number of ether oxygens (including phenoxy) is 1. The molecule has 0 radical (unpaired) electrons. The van der Waals surface area contributed by atoms with Gasteiger partial charge in [0, 0.05) is 0 Å². The predicted molar refractivity (Wildman–Crippen MR) is 66.2 cm³/mol. The van der Waals surface area contributed by atoms with E-state index in [0.29, 0.717) is 0 Å². The second kappa shape index (κ2) is 12.5. The van der Waals surface area contributed by atoms with E-state index in [1.54, 1.807) is 6.26 Å². The van der Waals surface area contributed by atoms with Crippen LogP contribution >= 0.6 is 0 Å². The third-order valence-corrected chi connectivity index (χ3v) is 2.50. The molecule has 0 amide bonds. The molecule has 3 heteroatoms. The van der Waals surface area contributed by atoms with E-state index in [1.165, 1.54) is 38.5 Å². The van der Waals surface area contributed by atoms with E-state index in [-0.39, 0.29) is 13.2 Å². The molecule has 0 heterocycles. The highest BCUT2D eigenvalue weighted by Gasteiger charge is 2.01. The van der Waals surface area contributed by atoms with E-state index in [4.69, 9.17) is 14.9 Å². The van der Waals surface area contributed by atoms with Crippen molar-refractivity contribution < 1.29 is 14.9 Å². The second-order valence-electron chi connectivity index (χ2n) is 4.05. The Morgan fingerprint density at radius 1 is 1.00 bits per heavy atom. The van der Waals surface area contributed by atoms with Gasteiger partial charge in [-0.15, -0.1) is 0 Å². The van der Waals surface area contributed by atoms with E-state index >= 15 is 0 Å². The summed E-state index contributed by atoms with van der Waals surface area (Å²) in [5, 5.41) is 17.5. The Morgan fingerprint density at radius 2 is 1.62 bits per heavy atom. The van der Waals surface area contributed by atoms with Crippen LogP contribution in [-0.4, -0.2) is 29.5 Å². The first kappa shape index (κ1) is 15.5. The maximum Gasteiger partial charge on any atom is 0.144 e. The summed E-state index contributed by atoms with van der Waals surface area (Å²) in [5.74, 6) is 0. The number of aliphatic hydroxyl groups is 2. The van der Waals surface area contributed by atoms with Gasteiger partial charge in [-0.3, -0.25) is 0 Å². The minimum Gasteiger partial charge on any atom is -0.494 e. The van der Waals surface area contributed by atoms with Crippen molar-refractivity contribution >= 4 is 0 Å². The van der Waals surface area contributed by atoms with Crippen LogP contribution in [0.2, 0.25) is 0 Å². The first-order valence-corrected chi connectivity index (χ1v) is 6.37. The van der Waals surface area contributed by atoms with Crippen LogP contribution in [0.3, 0.4) is 0 Å². The van der Waals surface area contributed by atoms with Crippen molar-refractivity contribution in [2.75, 3.05) is 13.2 Å². The zero-order valence-corrected chi connectivity index (χ0v) is 10.4. The number of unbranched alkanes of at least 4 members (excludes halogenated alkanes) is 6. The first-order chi connectivity index (χ1) is 7.85. The van der Waals surface area contributed by atoms with Gasteiger partial charge < -0.3 is 14.9 Å². The zero-order valence-electron chi connectivity index (χ0n) is 10.4. The van der Waals surface area contributed by atoms with Gasteiger partial charge in [0.1, 0.15) is 6.10 Å². The van der Waals surface area contributed by atoms with Crippen LogP contribution in [-0.2, 0) is 4.74 Å². The van der Waals surface area contributed by atoms with Crippen LogP contribution < -0.4 is 0 Å². The lowest BCUT2D eigenvalue weighted by Gasteiger charge is -2.09. The summed E-state index contributed by atoms with van der Waals surface area (Å²) in [4.78, 5) is 0. The highest BCUT2D eigenvalue weighted by atomic mass is 16.5. The third-order valence-electron chi connectivity index (χ3n) is 2.50. The molecule has 0 aromatic carbocycles. The lowest BCUT2D eigenvalue weighted by atomic mass is 10.1. The van der Waals surface area contributed by atoms with Crippen molar-refractivity contribution in [2.24, 2.45) is 0 Å². The molecule has 0 aliphatic heterocycles. The summed E-state index contributed by atoms with van der Waals surface area (Å²) in [5.41, 5.74) is 0. The van der Waals surface area contributed by atoms with E-state index < -0.39 is 6.10 Å². The van der Waals surface area contributed by atoms with Gasteiger partial charge in [-0.05, 0) is 18.9 Å². The summed E-state index contributed by atoms with van der Waals surface area (Å²) in [6.45, 7) is 1.94. The van der Waals surface area contributed by atoms with Crippen molar-refractivity contribution in [3.8, 4) is 0 Å². The molecular formula is C13H26O3. The van der Waals surface area contributed by atoms with Crippen LogP contribution in [0.25, 0.3) is 0 Å². The maximum absolute atomic E-state index is 8.73. The fourth-order valence-electron chi connectivity index (χ4n) is 1.42. The number of rotatable bonds is 11. The van der Waals surface area contributed by atoms with Gasteiger partial charge in [-0.1, -0.05) is 39.0 Å². The van der Waals surface area contributed by atoms with E-state index in [1.807, 2.05) is 6.08 Å². The average Bonchev–Trinajstić information content (AvgIpc) is 2.32. The normalized spacial score (nSPS) is 11.5. The Hall–Kier alpha value is -0.540. The Labute approximate surface area is 99.1 Å². The first-order valence-electron chi connectivity index (χ1n) is 6.37. The molecule has 3 nitrogen and oxygen atoms in total. The SMILES string of the molecule is CCCCCCCC/C=C/OC(CO)CO. The second-order valence-corrected chi connectivity index (χ2v) is 4.05. The van der Waals surface area contributed by atoms with Gasteiger partial charge >= 0.3 is 0 Å². The van der Waals surface area contributed by atoms with Crippen LogP contribution in [0.1, 0.15) is 51.9 Å². The summed E-state index contributed by atoms with van der Waals surface area (Å²) in [6, 6.07) is 0. The largest absolute Gasteiger partial charge is 0.494 e. The minimum absolute atomic E-state index is 0.141. The monoisotopic (exact) mass is 230 g/mol. The maximum atomic E-state index is 8.73. The lowest BCUT2D eigenvalue weighted by molar-refractivity contribution is 0.0319. The Balaban J connectivity index is 3.21. The molecule has 0 spiro atoms. The summed E-state index contributed by atoms with van der Waals surface area (Å²) >= 11 is 0. The molecule has 0 bridgehead atoms. The number of hydrogen-bond acceptors (Lipinski definition) is 3. The molecule has 0 rings (SSSR count). The smallest absolute Gasteiger partial charge is 0.144 e. The standard InChI is InChI=1S/C13H26O3/c1-2-3-4-5-6-7-8-9-10-16-13(11-14)12-15/h9-10,13-15H,2-8,11-12H2,1H3/b10-9+. The molecule has 0 atom stereocenters. The summed E-state index contributed by atoms with van der Waals surface area (Å²) in [7, 11) is 0. The van der Waals surface area contributed by atoms with Gasteiger partial charge in [0.15, 0.2) is 0 Å². The predicted octanol–water partition coefficient (Wildman–Crippen LogP) is 2.62. The van der Waals surface area contributed by atoms with Crippen molar-refractivity contribution in [1.82, 2.24) is 0 Å². The molecule has 0 aliphatic rings. The molecule has 0 aromatic heterocycles. The Morgan fingerprint density at radius 3 is 2.25 bits per heavy atom. The highest BCUT2D eigenvalue weighted by Crippen LogP contribution is 2.07. The van der Waals surface area contributed by atoms with Gasteiger partial charge in [0.25, 0.3) is 0 Å². The minimum atomic E-state index is -0.471. The van der Waals surface area contributed by atoms with Gasteiger partial charge in [0.2, 0.25) is 0 Å². The molecule has 96 valence electrons.